The molecule has 26 heavy (non-hydrogen) atoms. The Labute approximate surface area is 162 Å². The zero-order valence-electron chi connectivity index (χ0n) is 15.8. The highest BCUT2D eigenvalue weighted by atomic mass is 35.5. The van der Waals surface area contributed by atoms with Crippen molar-refractivity contribution in [2.24, 2.45) is 0 Å². The van der Waals surface area contributed by atoms with Crippen LogP contribution < -0.4 is 10.1 Å². The third-order valence-corrected chi connectivity index (χ3v) is 5.61. The Bertz CT molecular complexity index is 561. The van der Waals surface area contributed by atoms with Crippen molar-refractivity contribution in [3.8, 4) is 5.75 Å². The number of amides is 1. The van der Waals surface area contributed by atoms with E-state index in [0.717, 1.165) is 18.8 Å². The number of halogens is 1. The van der Waals surface area contributed by atoms with E-state index >= 15 is 0 Å². The highest BCUT2D eigenvalue weighted by Crippen LogP contribution is 2.34. The van der Waals surface area contributed by atoms with Crippen LogP contribution in [0.1, 0.15) is 43.6 Å². The second kappa shape index (κ2) is 10.1. The Morgan fingerprint density at radius 2 is 1.85 bits per heavy atom. The number of likely N-dealkylation sites (tertiary alicyclic amines) is 1. The van der Waals surface area contributed by atoms with Crippen LogP contribution in [0, 0.1) is 0 Å². The monoisotopic (exact) mass is 382 g/mol. The van der Waals surface area contributed by atoms with Crippen molar-refractivity contribution in [1.29, 1.82) is 0 Å². The predicted octanol–water partition coefficient (Wildman–Crippen LogP) is 2.98. The van der Waals surface area contributed by atoms with E-state index in [1.165, 1.54) is 31.2 Å². The Kier molecular flexibility index (Phi) is 8.19. The summed E-state index contributed by atoms with van der Waals surface area (Å²) in [5, 5.41) is 3.25. The molecule has 1 saturated heterocycles. The van der Waals surface area contributed by atoms with Crippen molar-refractivity contribution in [3.05, 3.63) is 29.8 Å². The average molecular weight is 383 g/mol. The molecule has 1 aromatic carbocycles. The number of carbonyl (C=O) groups excluding carboxylic acids is 1. The number of benzene rings is 1. The van der Waals surface area contributed by atoms with Crippen LogP contribution in [0.4, 0.5) is 0 Å². The van der Waals surface area contributed by atoms with Gasteiger partial charge in [-0.15, -0.1) is 12.4 Å². The summed E-state index contributed by atoms with van der Waals surface area (Å²) in [5.74, 6) is 1.28. The van der Waals surface area contributed by atoms with E-state index in [-0.39, 0.29) is 24.4 Å². The van der Waals surface area contributed by atoms with Crippen molar-refractivity contribution in [2.75, 3.05) is 33.9 Å². The van der Waals surface area contributed by atoms with Gasteiger partial charge in [0.25, 0.3) is 0 Å². The van der Waals surface area contributed by atoms with E-state index in [2.05, 4.69) is 22.3 Å². The van der Waals surface area contributed by atoms with Crippen LogP contribution in [0.25, 0.3) is 0 Å². The average Bonchev–Trinajstić information content (AvgIpc) is 3.30. The molecule has 146 valence electrons. The van der Waals surface area contributed by atoms with Gasteiger partial charge in [-0.1, -0.05) is 25.0 Å². The van der Waals surface area contributed by atoms with E-state index in [0.29, 0.717) is 25.0 Å². The van der Waals surface area contributed by atoms with Gasteiger partial charge in [0.1, 0.15) is 5.75 Å². The lowest BCUT2D eigenvalue weighted by Crippen LogP contribution is -2.41. The summed E-state index contributed by atoms with van der Waals surface area (Å²) in [6, 6.07) is 9.14. The molecule has 1 saturated carbocycles. The number of carbonyl (C=O) groups is 1. The van der Waals surface area contributed by atoms with Crippen LogP contribution in [0.15, 0.2) is 24.3 Å². The van der Waals surface area contributed by atoms with Gasteiger partial charge in [0.2, 0.25) is 5.91 Å². The molecular weight excluding hydrogens is 352 g/mol. The molecule has 1 N–H and O–H groups in total. The van der Waals surface area contributed by atoms with E-state index in [9.17, 15) is 4.79 Å². The quantitative estimate of drug-likeness (QED) is 0.787. The minimum Gasteiger partial charge on any atom is -0.497 e. The molecule has 3 rings (SSSR count). The topological polar surface area (TPSA) is 50.8 Å². The van der Waals surface area contributed by atoms with Crippen LogP contribution >= 0.6 is 12.4 Å². The lowest BCUT2D eigenvalue weighted by Gasteiger charge is -2.23. The van der Waals surface area contributed by atoms with Crippen molar-refractivity contribution >= 4 is 18.3 Å². The summed E-state index contributed by atoms with van der Waals surface area (Å²) in [6.45, 7) is 2.43. The first-order chi connectivity index (χ1) is 12.2. The van der Waals surface area contributed by atoms with Crippen molar-refractivity contribution in [2.45, 2.75) is 50.1 Å². The number of nitrogens with zero attached hydrogens (tertiary/aromatic N) is 1. The fourth-order valence-electron chi connectivity index (χ4n) is 4.21. The van der Waals surface area contributed by atoms with E-state index in [4.69, 9.17) is 9.47 Å². The number of hydrogen-bond acceptors (Lipinski definition) is 4. The van der Waals surface area contributed by atoms with Gasteiger partial charge in [-0.3, -0.25) is 9.69 Å². The van der Waals surface area contributed by atoms with Gasteiger partial charge < -0.3 is 14.8 Å². The molecule has 1 aliphatic heterocycles. The van der Waals surface area contributed by atoms with Crippen LogP contribution in [-0.4, -0.2) is 56.8 Å². The van der Waals surface area contributed by atoms with E-state index in [1.54, 1.807) is 14.2 Å². The van der Waals surface area contributed by atoms with Crippen molar-refractivity contribution < 1.29 is 14.3 Å². The number of nitrogens with one attached hydrogen (secondary N) is 1. The fourth-order valence-corrected chi connectivity index (χ4v) is 4.21. The summed E-state index contributed by atoms with van der Waals surface area (Å²) >= 11 is 0. The molecule has 0 unspecified atom stereocenters. The van der Waals surface area contributed by atoms with Crippen molar-refractivity contribution in [1.82, 2.24) is 10.2 Å². The Morgan fingerprint density at radius 3 is 2.46 bits per heavy atom. The smallest absolute Gasteiger partial charge is 0.222 e. The lowest BCUT2D eigenvalue weighted by atomic mass is 9.94. The molecule has 6 heteroatoms. The number of methoxy groups -OCH3 is 2. The van der Waals surface area contributed by atoms with Crippen LogP contribution in [0.2, 0.25) is 0 Å². The number of rotatable bonds is 7. The third kappa shape index (κ3) is 5.12. The second-order valence-electron chi connectivity index (χ2n) is 7.19. The molecule has 0 aromatic heterocycles. The van der Waals surface area contributed by atoms with Crippen molar-refractivity contribution in [3.63, 3.8) is 0 Å². The van der Waals surface area contributed by atoms with E-state index in [1.807, 2.05) is 12.1 Å². The first-order valence-electron chi connectivity index (χ1n) is 9.37. The maximum Gasteiger partial charge on any atom is 0.222 e. The van der Waals surface area contributed by atoms with Gasteiger partial charge in [0.05, 0.1) is 13.7 Å². The zero-order chi connectivity index (χ0) is 17.6. The molecule has 5 nitrogen and oxygen atoms in total. The lowest BCUT2D eigenvalue weighted by molar-refractivity contribution is -0.122. The van der Waals surface area contributed by atoms with Crippen LogP contribution in [0.5, 0.6) is 5.75 Å². The minimum absolute atomic E-state index is 0. The molecule has 2 fully saturated rings. The van der Waals surface area contributed by atoms with Gasteiger partial charge >= 0.3 is 0 Å². The summed E-state index contributed by atoms with van der Waals surface area (Å²) in [4.78, 5) is 14.8. The molecule has 0 bridgehead atoms. The first kappa shape index (κ1) is 21.0. The van der Waals surface area contributed by atoms with Crippen LogP contribution in [-0.2, 0) is 9.53 Å². The Morgan fingerprint density at radius 1 is 1.15 bits per heavy atom. The van der Waals surface area contributed by atoms with Gasteiger partial charge in [-0.05, 0) is 30.5 Å². The predicted molar refractivity (Wildman–Crippen MR) is 105 cm³/mol. The maximum absolute atomic E-state index is 12.2. The second-order valence-corrected chi connectivity index (χ2v) is 7.19. The summed E-state index contributed by atoms with van der Waals surface area (Å²) < 4.78 is 10.3. The molecular formula is C20H31ClN2O3. The number of ether oxygens (including phenoxy) is 2. The van der Waals surface area contributed by atoms with Gasteiger partial charge in [-0.25, -0.2) is 0 Å². The molecule has 1 amide bonds. The highest BCUT2D eigenvalue weighted by Gasteiger charge is 2.38. The normalized spacial score (nSPS) is 23.6. The Hall–Kier alpha value is -1.30. The standard InChI is InChI=1S/C20H30N2O3.ClH/c1-24-12-11-20(23)21-19-14-22(16-5-3-4-6-16)13-18(19)15-7-9-17(25-2)10-8-15;/h7-10,16,18-19H,3-6,11-14H2,1-2H3,(H,21,23);1H/t18-,19+;/m1./s1. The van der Waals surface area contributed by atoms with Crippen LogP contribution in [0.3, 0.4) is 0 Å². The third-order valence-electron chi connectivity index (χ3n) is 5.61. The molecule has 2 atom stereocenters. The largest absolute Gasteiger partial charge is 0.497 e. The molecule has 0 spiro atoms. The first-order valence-corrected chi connectivity index (χ1v) is 9.37. The van der Waals surface area contributed by atoms with Gasteiger partial charge in [0, 0.05) is 44.6 Å². The fraction of sp³-hybridized carbons (Fsp3) is 0.650. The maximum atomic E-state index is 12.2. The Balaban J connectivity index is 0.00000243. The zero-order valence-corrected chi connectivity index (χ0v) is 16.6. The SMILES string of the molecule is COCCC(=O)N[C@H]1CN(C2CCCC2)C[C@@H]1c1ccc(OC)cc1.Cl. The van der Waals surface area contributed by atoms with Gasteiger partial charge in [-0.2, -0.15) is 0 Å². The number of hydrogen-bond donors (Lipinski definition) is 1. The molecule has 0 radical (unpaired) electrons. The molecule has 1 heterocycles. The summed E-state index contributed by atoms with van der Waals surface area (Å²) in [7, 11) is 3.32. The summed E-state index contributed by atoms with van der Waals surface area (Å²) in [5.41, 5.74) is 1.28. The minimum atomic E-state index is 0. The van der Waals surface area contributed by atoms with E-state index < -0.39 is 0 Å². The molecule has 1 aromatic rings. The summed E-state index contributed by atoms with van der Waals surface area (Å²) in [6.07, 6.45) is 5.67. The molecule has 2 aliphatic rings. The highest BCUT2D eigenvalue weighted by molar-refractivity contribution is 5.85. The molecule has 1 aliphatic carbocycles. The van der Waals surface area contributed by atoms with Gasteiger partial charge in [0.15, 0.2) is 0 Å².